The zero-order chi connectivity index (χ0) is 15.2. The molecule has 1 unspecified atom stereocenters. The lowest BCUT2D eigenvalue weighted by Gasteiger charge is -2.37. The quantitative estimate of drug-likeness (QED) is 0.836. The van der Waals surface area contributed by atoms with Crippen LogP contribution in [0.2, 0.25) is 0 Å². The van der Waals surface area contributed by atoms with Crippen molar-refractivity contribution in [2.45, 2.75) is 38.7 Å². The van der Waals surface area contributed by atoms with Crippen LogP contribution >= 0.6 is 7.82 Å². The van der Waals surface area contributed by atoms with Crippen LogP contribution in [-0.2, 0) is 25.8 Å². The van der Waals surface area contributed by atoms with Crippen molar-refractivity contribution in [1.29, 1.82) is 0 Å². The zero-order valence-corrected chi connectivity index (χ0v) is 13.1. The molecular weight excluding hydrogens is 279 g/mol. The fourth-order valence-corrected chi connectivity index (χ4v) is 2.87. The number of fused-ring (bicyclic) bond motifs is 1. The van der Waals surface area contributed by atoms with Gasteiger partial charge in [-0.25, -0.2) is 4.57 Å². The maximum Gasteiger partial charge on any atom is 0.469 e. The van der Waals surface area contributed by atoms with E-state index in [2.05, 4.69) is 4.52 Å². The lowest BCUT2D eigenvalue weighted by molar-refractivity contribution is -0.0670. The van der Waals surface area contributed by atoms with E-state index in [9.17, 15) is 4.57 Å². The molecule has 0 heterocycles. The average molecular weight is 302 g/mol. The summed E-state index contributed by atoms with van der Waals surface area (Å²) in [5.41, 5.74) is 1.36. The van der Waals surface area contributed by atoms with Crippen molar-refractivity contribution >= 4 is 7.82 Å². The second-order valence-corrected chi connectivity index (χ2v) is 5.71. The summed E-state index contributed by atoms with van der Waals surface area (Å²) in [4.78, 5) is 17.7. The molecule has 1 aliphatic rings. The second-order valence-electron chi connectivity index (χ2n) is 4.47. The SMILES string of the molecule is CC.COC1(COP(=O)(O)O)CCCc2ccccc21. The van der Waals surface area contributed by atoms with E-state index in [1.807, 2.05) is 38.1 Å². The van der Waals surface area contributed by atoms with E-state index < -0.39 is 13.4 Å². The standard InChI is InChI=1S/C12H17O5P.C2H6/c1-16-12(9-17-18(13,14)15)8-4-6-10-5-2-3-7-11(10)12;1-2/h2-3,5,7H,4,6,8-9H2,1H3,(H2,13,14,15);1-2H3. The lowest BCUT2D eigenvalue weighted by Crippen LogP contribution is -2.37. The Morgan fingerprint density at radius 3 is 2.55 bits per heavy atom. The number of phosphoric ester groups is 1. The van der Waals surface area contributed by atoms with Crippen molar-refractivity contribution in [1.82, 2.24) is 0 Å². The van der Waals surface area contributed by atoms with Crippen molar-refractivity contribution in [2.24, 2.45) is 0 Å². The van der Waals surface area contributed by atoms with Crippen LogP contribution in [0.15, 0.2) is 24.3 Å². The summed E-state index contributed by atoms with van der Waals surface area (Å²) in [6.45, 7) is 3.87. The summed E-state index contributed by atoms with van der Waals surface area (Å²) in [6.07, 6.45) is 2.56. The molecule has 0 radical (unpaired) electrons. The first-order chi connectivity index (χ1) is 9.47. The summed E-state index contributed by atoms with van der Waals surface area (Å²) in [7, 11) is -2.93. The lowest BCUT2D eigenvalue weighted by atomic mass is 9.79. The molecule has 1 aromatic rings. The highest BCUT2D eigenvalue weighted by Crippen LogP contribution is 2.43. The van der Waals surface area contributed by atoms with Crippen LogP contribution in [0, 0.1) is 0 Å². The van der Waals surface area contributed by atoms with Gasteiger partial charge in [-0.2, -0.15) is 0 Å². The second kappa shape index (κ2) is 7.34. The van der Waals surface area contributed by atoms with Crippen molar-refractivity contribution in [2.75, 3.05) is 13.7 Å². The summed E-state index contributed by atoms with van der Waals surface area (Å²) >= 11 is 0. The third kappa shape index (κ3) is 4.14. The van der Waals surface area contributed by atoms with E-state index in [1.54, 1.807) is 7.11 Å². The number of ether oxygens (including phenoxy) is 1. The van der Waals surface area contributed by atoms with Gasteiger partial charge < -0.3 is 14.5 Å². The van der Waals surface area contributed by atoms with Crippen LogP contribution in [-0.4, -0.2) is 23.5 Å². The minimum Gasteiger partial charge on any atom is -0.371 e. The number of rotatable bonds is 4. The zero-order valence-electron chi connectivity index (χ0n) is 12.2. The monoisotopic (exact) mass is 302 g/mol. The van der Waals surface area contributed by atoms with Crippen LogP contribution in [0.4, 0.5) is 0 Å². The molecule has 0 saturated carbocycles. The molecule has 0 amide bonds. The summed E-state index contributed by atoms with van der Waals surface area (Å²) in [5.74, 6) is 0. The first-order valence-electron chi connectivity index (χ1n) is 6.80. The van der Waals surface area contributed by atoms with Gasteiger partial charge in [-0.3, -0.25) is 4.52 Å². The molecule has 2 rings (SSSR count). The fourth-order valence-electron chi connectivity index (χ4n) is 2.49. The van der Waals surface area contributed by atoms with Gasteiger partial charge in [-0.05, 0) is 30.4 Å². The molecule has 0 aromatic heterocycles. The molecule has 0 spiro atoms. The molecule has 20 heavy (non-hydrogen) atoms. The van der Waals surface area contributed by atoms with Crippen LogP contribution in [0.3, 0.4) is 0 Å². The van der Waals surface area contributed by atoms with Gasteiger partial charge in [0.2, 0.25) is 0 Å². The number of phosphoric acid groups is 1. The van der Waals surface area contributed by atoms with Crippen molar-refractivity contribution in [3.05, 3.63) is 35.4 Å². The molecule has 6 heteroatoms. The Hall–Kier alpha value is -0.710. The normalized spacial score (nSPS) is 21.6. The van der Waals surface area contributed by atoms with E-state index in [4.69, 9.17) is 14.5 Å². The Bertz CT molecular complexity index is 470. The van der Waals surface area contributed by atoms with Crippen LogP contribution in [0.5, 0.6) is 0 Å². The average Bonchev–Trinajstić information content (AvgIpc) is 2.46. The largest absolute Gasteiger partial charge is 0.469 e. The van der Waals surface area contributed by atoms with Crippen molar-refractivity contribution < 1.29 is 23.6 Å². The minimum atomic E-state index is -4.48. The van der Waals surface area contributed by atoms with E-state index >= 15 is 0 Å². The summed E-state index contributed by atoms with van der Waals surface area (Å²) in [6, 6.07) is 7.80. The molecule has 1 aliphatic carbocycles. The molecule has 0 fully saturated rings. The van der Waals surface area contributed by atoms with Gasteiger partial charge in [0.05, 0.1) is 6.61 Å². The smallest absolute Gasteiger partial charge is 0.371 e. The number of hydrogen-bond donors (Lipinski definition) is 2. The highest BCUT2D eigenvalue weighted by molar-refractivity contribution is 7.46. The van der Waals surface area contributed by atoms with Crippen molar-refractivity contribution in [3.8, 4) is 0 Å². The highest BCUT2D eigenvalue weighted by Gasteiger charge is 2.38. The number of methoxy groups -OCH3 is 1. The first-order valence-corrected chi connectivity index (χ1v) is 8.33. The van der Waals surface area contributed by atoms with Crippen LogP contribution in [0.1, 0.15) is 37.8 Å². The van der Waals surface area contributed by atoms with Gasteiger partial charge in [-0.1, -0.05) is 38.1 Å². The topological polar surface area (TPSA) is 76.0 Å². The van der Waals surface area contributed by atoms with Gasteiger partial charge in [0.1, 0.15) is 5.60 Å². The number of benzene rings is 1. The Labute approximate surface area is 120 Å². The molecule has 0 bridgehead atoms. The first kappa shape index (κ1) is 17.3. The highest BCUT2D eigenvalue weighted by atomic mass is 31.2. The van der Waals surface area contributed by atoms with Gasteiger partial charge in [-0.15, -0.1) is 0 Å². The van der Waals surface area contributed by atoms with E-state index in [0.29, 0.717) is 6.42 Å². The summed E-state index contributed by atoms with van der Waals surface area (Å²) in [5, 5.41) is 0. The van der Waals surface area contributed by atoms with E-state index in [0.717, 1.165) is 24.0 Å². The predicted octanol–water partition coefficient (Wildman–Crippen LogP) is 3.00. The van der Waals surface area contributed by atoms with Crippen molar-refractivity contribution in [3.63, 3.8) is 0 Å². The van der Waals surface area contributed by atoms with Crippen LogP contribution in [0.25, 0.3) is 0 Å². The van der Waals surface area contributed by atoms with Gasteiger partial charge >= 0.3 is 7.82 Å². The minimum absolute atomic E-state index is 0.134. The number of aryl methyl sites for hydroxylation is 1. The molecule has 114 valence electrons. The Morgan fingerprint density at radius 1 is 1.30 bits per heavy atom. The fraction of sp³-hybridized carbons (Fsp3) is 0.571. The Balaban J connectivity index is 0.000000956. The third-order valence-corrected chi connectivity index (χ3v) is 3.86. The van der Waals surface area contributed by atoms with Gasteiger partial charge in [0, 0.05) is 7.11 Å². The number of hydrogen-bond acceptors (Lipinski definition) is 3. The summed E-state index contributed by atoms with van der Waals surface area (Å²) < 4.78 is 21.1. The molecule has 0 saturated heterocycles. The molecular formula is C14H23O5P. The molecule has 5 nitrogen and oxygen atoms in total. The Kier molecular flexibility index (Phi) is 6.37. The molecule has 1 atom stereocenters. The molecule has 2 N–H and O–H groups in total. The van der Waals surface area contributed by atoms with Gasteiger partial charge in [0.25, 0.3) is 0 Å². The van der Waals surface area contributed by atoms with Gasteiger partial charge in [0.15, 0.2) is 0 Å². The predicted molar refractivity (Wildman–Crippen MR) is 77.4 cm³/mol. The third-order valence-electron chi connectivity index (χ3n) is 3.39. The molecule has 1 aromatic carbocycles. The van der Waals surface area contributed by atoms with E-state index in [-0.39, 0.29) is 6.61 Å². The maximum atomic E-state index is 10.9. The maximum absolute atomic E-state index is 10.9. The van der Waals surface area contributed by atoms with Crippen LogP contribution < -0.4 is 0 Å². The molecule has 0 aliphatic heterocycles. The van der Waals surface area contributed by atoms with E-state index in [1.165, 1.54) is 0 Å². The Morgan fingerprint density at radius 2 is 1.95 bits per heavy atom.